The molecule has 0 atom stereocenters. The minimum Gasteiger partial charge on any atom is -0.507 e. The van der Waals surface area contributed by atoms with Gasteiger partial charge in [0.05, 0.1) is 5.70 Å². The number of hydrogen-bond acceptors (Lipinski definition) is 4. The molecule has 0 aliphatic rings. The lowest BCUT2D eigenvalue weighted by molar-refractivity contribution is 0.0937. The van der Waals surface area contributed by atoms with Gasteiger partial charge in [0.25, 0.3) is 5.91 Å². The van der Waals surface area contributed by atoms with Crippen molar-refractivity contribution in [2.24, 2.45) is 0 Å². The highest BCUT2D eigenvalue weighted by Crippen LogP contribution is 2.20. The lowest BCUT2D eigenvalue weighted by atomic mass is 10.1. The van der Waals surface area contributed by atoms with Crippen LogP contribution in [0.25, 0.3) is 5.70 Å². The molecule has 0 fully saturated rings. The van der Waals surface area contributed by atoms with Gasteiger partial charge >= 0.3 is 0 Å². The molecule has 0 radical (unpaired) electrons. The summed E-state index contributed by atoms with van der Waals surface area (Å²) < 4.78 is 0. The second-order valence-corrected chi connectivity index (χ2v) is 4.01. The average Bonchev–Trinajstić information content (AvgIpc) is 2.83. The van der Waals surface area contributed by atoms with E-state index in [9.17, 15) is 9.90 Å². The smallest absolute Gasteiger partial charge is 0.290 e. The number of aromatic amines is 1. The van der Waals surface area contributed by atoms with E-state index >= 15 is 0 Å². The summed E-state index contributed by atoms with van der Waals surface area (Å²) in [5, 5.41) is 16.1. The van der Waals surface area contributed by atoms with E-state index in [1.807, 2.05) is 0 Å². The maximum Gasteiger partial charge on any atom is 0.290 e. The summed E-state index contributed by atoms with van der Waals surface area (Å²) in [5.74, 6) is -0.300. The predicted octanol–water partition coefficient (Wildman–Crippen LogP) is 1.33. The molecule has 2 rings (SSSR count). The van der Waals surface area contributed by atoms with Crippen molar-refractivity contribution < 1.29 is 9.90 Å². The fourth-order valence-electron chi connectivity index (χ4n) is 1.53. The normalized spacial score (nSPS) is 9.95. The Kier molecular flexibility index (Phi) is 3.51. The number of benzene rings is 1. The van der Waals surface area contributed by atoms with Crippen LogP contribution >= 0.6 is 0 Å². The van der Waals surface area contributed by atoms with E-state index in [4.69, 9.17) is 0 Å². The van der Waals surface area contributed by atoms with Crippen LogP contribution in [0.2, 0.25) is 0 Å². The number of carbonyl (C=O) groups is 1. The van der Waals surface area contributed by atoms with Crippen molar-refractivity contribution >= 4 is 11.6 Å². The number of para-hydroxylation sites is 1. The van der Waals surface area contributed by atoms with Crippen molar-refractivity contribution in [2.75, 3.05) is 0 Å². The topological polar surface area (TPSA) is 90.0 Å². The third kappa shape index (κ3) is 2.92. The van der Waals surface area contributed by atoms with Crippen LogP contribution in [-0.2, 0) is 0 Å². The standard InChI is InChI=1S/C13H14N4O2/c1-8-7-11(16-14-8)13(19)17-15-9(2)10-5-3-4-6-12(10)18/h3-7,15,18H,2H2,1H3,(H,14,16)(H,17,19). The quantitative estimate of drug-likeness (QED) is 0.623. The van der Waals surface area contributed by atoms with Crippen LogP contribution in [0.5, 0.6) is 5.75 Å². The molecule has 98 valence electrons. The van der Waals surface area contributed by atoms with Crippen LogP contribution in [-0.4, -0.2) is 21.2 Å². The van der Waals surface area contributed by atoms with Gasteiger partial charge in [0.1, 0.15) is 5.75 Å². The first-order valence-corrected chi connectivity index (χ1v) is 5.63. The van der Waals surface area contributed by atoms with Gasteiger partial charge in [-0.1, -0.05) is 18.7 Å². The molecule has 0 aliphatic heterocycles. The Morgan fingerprint density at radius 2 is 2.11 bits per heavy atom. The van der Waals surface area contributed by atoms with Gasteiger partial charge in [-0.15, -0.1) is 0 Å². The third-order valence-corrected chi connectivity index (χ3v) is 2.49. The minimum atomic E-state index is -0.388. The van der Waals surface area contributed by atoms with Crippen LogP contribution in [0.1, 0.15) is 21.7 Å². The summed E-state index contributed by atoms with van der Waals surface area (Å²) in [6.07, 6.45) is 0. The van der Waals surface area contributed by atoms with Crippen LogP contribution in [0.3, 0.4) is 0 Å². The number of rotatable bonds is 4. The molecule has 0 unspecified atom stereocenters. The van der Waals surface area contributed by atoms with E-state index in [-0.39, 0.29) is 17.4 Å². The van der Waals surface area contributed by atoms with Gasteiger partial charge in [-0.25, -0.2) is 0 Å². The van der Waals surface area contributed by atoms with E-state index in [0.717, 1.165) is 5.69 Å². The van der Waals surface area contributed by atoms with E-state index in [1.165, 1.54) is 0 Å². The van der Waals surface area contributed by atoms with Crippen molar-refractivity contribution in [3.63, 3.8) is 0 Å². The van der Waals surface area contributed by atoms with Crippen molar-refractivity contribution in [3.05, 3.63) is 53.9 Å². The Balaban J connectivity index is 1.98. The number of hydrogen-bond donors (Lipinski definition) is 4. The number of carbonyl (C=O) groups excluding carboxylic acids is 1. The third-order valence-electron chi connectivity index (χ3n) is 2.49. The number of amides is 1. The molecule has 6 nitrogen and oxygen atoms in total. The van der Waals surface area contributed by atoms with Gasteiger partial charge in [0.15, 0.2) is 5.69 Å². The number of phenols is 1. The van der Waals surface area contributed by atoms with E-state index in [1.54, 1.807) is 37.3 Å². The molecule has 0 saturated carbocycles. The molecule has 6 heteroatoms. The second-order valence-electron chi connectivity index (χ2n) is 4.01. The number of aromatic nitrogens is 2. The highest BCUT2D eigenvalue weighted by molar-refractivity contribution is 5.92. The Labute approximate surface area is 110 Å². The predicted molar refractivity (Wildman–Crippen MR) is 71.1 cm³/mol. The molecular formula is C13H14N4O2. The molecule has 1 heterocycles. The number of phenolic OH excluding ortho intramolecular Hbond substituents is 1. The van der Waals surface area contributed by atoms with Crippen molar-refractivity contribution in [1.29, 1.82) is 0 Å². The molecule has 2 aromatic rings. The van der Waals surface area contributed by atoms with Crippen LogP contribution in [0.15, 0.2) is 36.9 Å². The Morgan fingerprint density at radius 1 is 1.37 bits per heavy atom. The van der Waals surface area contributed by atoms with Gasteiger partial charge in [-0.2, -0.15) is 5.10 Å². The fraction of sp³-hybridized carbons (Fsp3) is 0.0769. The van der Waals surface area contributed by atoms with E-state index in [0.29, 0.717) is 11.3 Å². The molecule has 0 aliphatic carbocycles. The van der Waals surface area contributed by atoms with Gasteiger partial charge in [-0.3, -0.25) is 20.7 Å². The Hall–Kier alpha value is -2.76. The highest BCUT2D eigenvalue weighted by Gasteiger charge is 2.10. The maximum atomic E-state index is 11.7. The zero-order valence-electron chi connectivity index (χ0n) is 10.4. The number of nitrogens with zero attached hydrogens (tertiary/aromatic N) is 1. The summed E-state index contributed by atoms with van der Waals surface area (Å²) in [4.78, 5) is 11.7. The van der Waals surface area contributed by atoms with E-state index in [2.05, 4.69) is 27.6 Å². The van der Waals surface area contributed by atoms with Crippen LogP contribution in [0.4, 0.5) is 0 Å². The SMILES string of the molecule is C=C(NNC(=O)c1cc(C)[nH]n1)c1ccccc1O. The molecule has 1 amide bonds. The number of aryl methyl sites for hydroxylation is 1. The first-order chi connectivity index (χ1) is 9.08. The summed E-state index contributed by atoms with van der Waals surface area (Å²) in [6, 6.07) is 8.33. The van der Waals surface area contributed by atoms with Gasteiger partial charge in [-0.05, 0) is 25.1 Å². The zero-order valence-corrected chi connectivity index (χ0v) is 10.4. The summed E-state index contributed by atoms with van der Waals surface area (Å²) in [5.41, 5.74) is 7.07. The second kappa shape index (κ2) is 5.26. The Morgan fingerprint density at radius 3 is 2.74 bits per heavy atom. The van der Waals surface area contributed by atoms with Crippen LogP contribution < -0.4 is 10.9 Å². The van der Waals surface area contributed by atoms with E-state index < -0.39 is 0 Å². The van der Waals surface area contributed by atoms with Crippen molar-refractivity contribution in [2.45, 2.75) is 6.92 Å². The minimum absolute atomic E-state index is 0.0878. The molecule has 4 N–H and O–H groups in total. The first-order valence-electron chi connectivity index (χ1n) is 5.63. The van der Waals surface area contributed by atoms with Crippen molar-refractivity contribution in [3.8, 4) is 5.75 Å². The molecule has 0 saturated heterocycles. The molecule has 0 spiro atoms. The summed E-state index contributed by atoms with van der Waals surface area (Å²) in [7, 11) is 0. The van der Waals surface area contributed by atoms with Crippen molar-refractivity contribution in [1.82, 2.24) is 21.0 Å². The molecule has 1 aromatic carbocycles. The lowest BCUT2D eigenvalue weighted by Gasteiger charge is -2.11. The largest absolute Gasteiger partial charge is 0.507 e. The van der Waals surface area contributed by atoms with Gasteiger partial charge < -0.3 is 5.11 Å². The average molecular weight is 258 g/mol. The van der Waals surface area contributed by atoms with Crippen LogP contribution in [0, 0.1) is 6.92 Å². The fourth-order valence-corrected chi connectivity index (χ4v) is 1.53. The number of H-pyrrole nitrogens is 1. The Bertz CT molecular complexity index is 619. The molecule has 0 bridgehead atoms. The first kappa shape index (κ1) is 12.7. The maximum absolute atomic E-state index is 11.7. The summed E-state index contributed by atoms with van der Waals surface area (Å²) in [6.45, 7) is 5.55. The number of aromatic hydroxyl groups is 1. The highest BCUT2D eigenvalue weighted by atomic mass is 16.3. The number of nitrogens with one attached hydrogen (secondary N) is 3. The monoisotopic (exact) mass is 258 g/mol. The molecular weight excluding hydrogens is 244 g/mol. The summed E-state index contributed by atoms with van der Waals surface area (Å²) >= 11 is 0. The van der Waals surface area contributed by atoms with Gasteiger partial charge in [0, 0.05) is 11.3 Å². The molecule has 1 aromatic heterocycles. The zero-order chi connectivity index (χ0) is 13.8. The number of hydrazine groups is 1. The molecule has 19 heavy (non-hydrogen) atoms. The lowest BCUT2D eigenvalue weighted by Crippen LogP contribution is -2.36. The van der Waals surface area contributed by atoms with Gasteiger partial charge in [0.2, 0.25) is 0 Å².